The minimum Gasteiger partial charge on any atom is -0.488 e. The van der Waals surface area contributed by atoms with E-state index in [0.29, 0.717) is 27.8 Å². The van der Waals surface area contributed by atoms with E-state index < -0.39 is 0 Å². The van der Waals surface area contributed by atoms with Gasteiger partial charge in [0.1, 0.15) is 18.2 Å². The van der Waals surface area contributed by atoms with Crippen molar-refractivity contribution in [3.63, 3.8) is 0 Å². The lowest BCUT2D eigenvalue weighted by Gasteiger charge is -2.10. The van der Waals surface area contributed by atoms with Crippen LogP contribution in [0, 0.1) is 5.82 Å². The van der Waals surface area contributed by atoms with Crippen LogP contribution in [0.25, 0.3) is 0 Å². The average Bonchev–Trinajstić information content (AvgIpc) is 2.43. The molecule has 0 atom stereocenters. The minimum atomic E-state index is -0.323. The predicted octanol–water partition coefficient (Wildman–Crippen LogP) is 4.76. The Morgan fingerprint density at radius 2 is 2.00 bits per heavy atom. The summed E-state index contributed by atoms with van der Waals surface area (Å²) in [6.45, 7) is 2.02. The maximum absolute atomic E-state index is 13.3. The molecule has 0 aromatic heterocycles. The summed E-state index contributed by atoms with van der Waals surface area (Å²) in [4.78, 5) is 11.8. The molecule has 0 aliphatic carbocycles. The molecule has 0 unspecified atom stereocenters. The molecule has 0 radical (unpaired) electrons. The zero-order valence-electron chi connectivity index (χ0n) is 11.0. The summed E-state index contributed by atoms with van der Waals surface area (Å²) in [6, 6.07) is 11.7. The number of carbonyl (C=O) groups excluding carboxylic acids is 1. The highest BCUT2D eigenvalue weighted by Gasteiger charge is 2.10. The summed E-state index contributed by atoms with van der Waals surface area (Å²) >= 11 is 3.24. The van der Waals surface area contributed by atoms with E-state index in [1.165, 1.54) is 12.1 Å². The highest BCUT2D eigenvalue weighted by molar-refractivity contribution is 9.10. The van der Waals surface area contributed by atoms with Gasteiger partial charge >= 0.3 is 0 Å². The molecule has 2 rings (SSSR count). The van der Waals surface area contributed by atoms with E-state index in [2.05, 4.69) is 15.9 Å². The Balaban J connectivity index is 2.16. The van der Waals surface area contributed by atoms with E-state index >= 15 is 0 Å². The summed E-state index contributed by atoms with van der Waals surface area (Å²) in [5.41, 5.74) is 1.26. The van der Waals surface area contributed by atoms with E-state index in [9.17, 15) is 9.18 Å². The van der Waals surface area contributed by atoms with Gasteiger partial charge in [-0.3, -0.25) is 4.79 Å². The molecular weight excluding hydrogens is 323 g/mol. The van der Waals surface area contributed by atoms with Crippen LogP contribution in [0.3, 0.4) is 0 Å². The Morgan fingerprint density at radius 3 is 2.70 bits per heavy atom. The Labute approximate surface area is 125 Å². The van der Waals surface area contributed by atoms with Crippen LogP contribution in [0.2, 0.25) is 0 Å². The maximum Gasteiger partial charge on any atom is 0.166 e. The molecule has 2 aromatic rings. The molecule has 0 amide bonds. The van der Waals surface area contributed by atoms with Gasteiger partial charge in [-0.05, 0) is 35.9 Å². The number of rotatable bonds is 5. The molecule has 104 valence electrons. The van der Waals surface area contributed by atoms with Crippen molar-refractivity contribution in [1.82, 2.24) is 0 Å². The van der Waals surface area contributed by atoms with Gasteiger partial charge in [0.15, 0.2) is 5.78 Å². The molecular formula is C16H14BrFO2. The predicted molar refractivity (Wildman–Crippen MR) is 79.5 cm³/mol. The average molecular weight is 337 g/mol. The fraction of sp³-hybridized carbons (Fsp3) is 0.188. The zero-order chi connectivity index (χ0) is 14.5. The monoisotopic (exact) mass is 336 g/mol. The van der Waals surface area contributed by atoms with Crippen LogP contribution in [-0.2, 0) is 6.61 Å². The first-order valence-corrected chi connectivity index (χ1v) is 7.09. The van der Waals surface area contributed by atoms with Crippen LogP contribution in [0.5, 0.6) is 5.75 Å². The van der Waals surface area contributed by atoms with E-state index in [1.54, 1.807) is 24.3 Å². The SMILES string of the molecule is CCC(=O)c1ccccc1OCc1cc(F)cc(Br)c1. The summed E-state index contributed by atoms with van der Waals surface area (Å²) in [7, 11) is 0. The number of ether oxygens (including phenoxy) is 1. The van der Waals surface area contributed by atoms with Crippen LogP contribution in [-0.4, -0.2) is 5.78 Å². The summed E-state index contributed by atoms with van der Waals surface area (Å²) in [5, 5.41) is 0. The van der Waals surface area contributed by atoms with Gasteiger partial charge in [-0.1, -0.05) is 35.0 Å². The summed E-state index contributed by atoms with van der Waals surface area (Å²) in [6.07, 6.45) is 0.423. The molecule has 0 fully saturated rings. The highest BCUT2D eigenvalue weighted by atomic mass is 79.9. The lowest BCUT2D eigenvalue weighted by atomic mass is 10.1. The molecule has 0 aliphatic heterocycles. The van der Waals surface area contributed by atoms with Crippen molar-refractivity contribution in [2.75, 3.05) is 0 Å². The molecule has 0 N–H and O–H groups in total. The zero-order valence-corrected chi connectivity index (χ0v) is 12.6. The molecule has 2 nitrogen and oxygen atoms in total. The summed E-state index contributed by atoms with van der Waals surface area (Å²) in [5.74, 6) is 0.233. The largest absolute Gasteiger partial charge is 0.488 e. The van der Waals surface area contributed by atoms with Gasteiger partial charge in [0.2, 0.25) is 0 Å². The van der Waals surface area contributed by atoms with E-state index in [4.69, 9.17) is 4.74 Å². The highest BCUT2D eigenvalue weighted by Crippen LogP contribution is 2.22. The molecule has 20 heavy (non-hydrogen) atoms. The van der Waals surface area contributed by atoms with E-state index in [-0.39, 0.29) is 18.2 Å². The third-order valence-corrected chi connectivity index (χ3v) is 3.28. The molecule has 0 heterocycles. The van der Waals surface area contributed by atoms with Gasteiger partial charge in [0.05, 0.1) is 5.56 Å². The van der Waals surface area contributed by atoms with Crippen LogP contribution < -0.4 is 4.74 Å². The quantitative estimate of drug-likeness (QED) is 0.736. The van der Waals surface area contributed by atoms with Crippen molar-refractivity contribution in [2.45, 2.75) is 20.0 Å². The second-order valence-corrected chi connectivity index (χ2v) is 5.25. The molecule has 2 aromatic carbocycles. The van der Waals surface area contributed by atoms with Crippen molar-refractivity contribution in [3.05, 3.63) is 63.9 Å². The first-order chi connectivity index (χ1) is 9.60. The fourth-order valence-corrected chi connectivity index (χ4v) is 2.38. The number of para-hydroxylation sites is 1. The van der Waals surface area contributed by atoms with Crippen molar-refractivity contribution >= 4 is 21.7 Å². The first kappa shape index (κ1) is 14.7. The van der Waals surface area contributed by atoms with Crippen molar-refractivity contribution in [3.8, 4) is 5.75 Å². The molecule has 0 aliphatic rings. The van der Waals surface area contributed by atoms with E-state index in [1.807, 2.05) is 13.0 Å². The minimum absolute atomic E-state index is 0.0287. The van der Waals surface area contributed by atoms with Crippen LogP contribution in [0.1, 0.15) is 29.3 Å². The third-order valence-electron chi connectivity index (χ3n) is 2.83. The Hall–Kier alpha value is -1.68. The standard InChI is InChI=1S/C16H14BrFO2/c1-2-15(19)14-5-3-4-6-16(14)20-10-11-7-12(17)9-13(18)8-11/h3-9H,2,10H2,1H3. The second-order valence-electron chi connectivity index (χ2n) is 4.34. The van der Waals surface area contributed by atoms with Gasteiger partial charge in [-0.15, -0.1) is 0 Å². The number of hydrogen-bond acceptors (Lipinski definition) is 2. The number of carbonyl (C=O) groups is 1. The molecule has 0 saturated carbocycles. The van der Waals surface area contributed by atoms with Gasteiger partial charge in [0.25, 0.3) is 0 Å². The molecule has 0 saturated heterocycles. The number of halogens is 2. The van der Waals surface area contributed by atoms with Gasteiger partial charge in [-0.2, -0.15) is 0 Å². The third kappa shape index (κ3) is 3.67. The van der Waals surface area contributed by atoms with Crippen molar-refractivity contribution in [2.24, 2.45) is 0 Å². The topological polar surface area (TPSA) is 26.3 Å². The normalized spacial score (nSPS) is 10.3. The Kier molecular flexibility index (Phi) is 4.90. The van der Waals surface area contributed by atoms with Crippen molar-refractivity contribution < 1.29 is 13.9 Å². The van der Waals surface area contributed by atoms with E-state index in [0.717, 1.165) is 0 Å². The number of ketones is 1. The number of benzene rings is 2. The Bertz CT molecular complexity index is 605. The second kappa shape index (κ2) is 6.66. The van der Waals surface area contributed by atoms with Gasteiger partial charge in [0, 0.05) is 10.9 Å². The van der Waals surface area contributed by atoms with Gasteiger partial charge < -0.3 is 4.74 Å². The molecule has 0 bridgehead atoms. The Morgan fingerprint density at radius 1 is 1.25 bits per heavy atom. The number of hydrogen-bond donors (Lipinski definition) is 0. The van der Waals surface area contributed by atoms with Crippen LogP contribution >= 0.6 is 15.9 Å². The van der Waals surface area contributed by atoms with Crippen molar-refractivity contribution in [1.29, 1.82) is 0 Å². The first-order valence-electron chi connectivity index (χ1n) is 6.30. The molecule has 0 spiro atoms. The summed E-state index contributed by atoms with van der Waals surface area (Å²) < 4.78 is 19.6. The van der Waals surface area contributed by atoms with Crippen LogP contribution in [0.15, 0.2) is 46.9 Å². The van der Waals surface area contributed by atoms with Crippen LogP contribution in [0.4, 0.5) is 4.39 Å². The lowest BCUT2D eigenvalue weighted by molar-refractivity contribution is 0.0983. The molecule has 4 heteroatoms. The fourth-order valence-electron chi connectivity index (χ4n) is 1.87. The maximum atomic E-state index is 13.3. The number of Topliss-reactive ketones (excluding diaryl/α,β-unsaturated/α-hetero) is 1. The smallest absolute Gasteiger partial charge is 0.166 e. The lowest BCUT2D eigenvalue weighted by Crippen LogP contribution is -2.03. The van der Waals surface area contributed by atoms with Gasteiger partial charge in [-0.25, -0.2) is 4.39 Å².